The number of carbonyl (C=O) groups is 2. The summed E-state index contributed by atoms with van der Waals surface area (Å²) in [6, 6.07) is 0. The Bertz CT molecular complexity index is 563. The fraction of sp³-hybridized carbons (Fsp3) is 0.600. The van der Waals surface area contributed by atoms with Gasteiger partial charge in [-0.25, -0.2) is 9.59 Å². The van der Waals surface area contributed by atoms with E-state index in [0.717, 1.165) is 6.42 Å². The first-order chi connectivity index (χ1) is 9.48. The molecule has 0 amide bonds. The SMILES string of the molecule is C=C1C(=O)O[C@H]2C[C@@]3(C)O[C@H]3CCC3=C[C@@H](OC3=O)[C@H]12. The molecule has 20 heavy (non-hydrogen) atoms. The van der Waals surface area contributed by atoms with Crippen molar-refractivity contribution in [2.75, 3.05) is 0 Å². The largest absolute Gasteiger partial charge is 0.458 e. The van der Waals surface area contributed by atoms with Crippen molar-refractivity contribution in [3.63, 3.8) is 0 Å². The molecule has 0 saturated carbocycles. The highest BCUT2D eigenvalue weighted by molar-refractivity contribution is 5.93. The number of fused-ring (bicyclic) bond motifs is 4. The topological polar surface area (TPSA) is 65.1 Å². The number of hydrogen-bond donors (Lipinski definition) is 0. The normalized spacial score (nSPS) is 46.0. The molecule has 0 aromatic rings. The summed E-state index contributed by atoms with van der Waals surface area (Å²) < 4.78 is 16.6. The molecule has 1 aliphatic carbocycles. The lowest BCUT2D eigenvalue weighted by Gasteiger charge is -2.23. The summed E-state index contributed by atoms with van der Waals surface area (Å²) in [5, 5.41) is 0. The first-order valence-corrected chi connectivity index (χ1v) is 6.97. The predicted octanol–water partition coefficient (Wildman–Crippen LogP) is 1.28. The standard InChI is InChI=1S/C15H16O5/c1-7-12-9-5-8(14(17)18-9)3-4-11-15(2,20-11)6-10(12)19-13(7)16/h5,9-12H,1,3-4,6H2,2H3/t9-,10+,11+,12+,15-/m1/s1. The van der Waals surface area contributed by atoms with E-state index >= 15 is 0 Å². The van der Waals surface area contributed by atoms with Gasteiger partial charge < -0.3 is 14.2 Å². The Balaban J connectivity index is 1.73. The molecule has 0 spiro atoms. The molecular formula is C15H16O5. The fourth-order valence-electron chi connectivity index (χ4n) is 3.61. The van der Waals surface area contributed by atoms with Crippen LogP contribution in [0.1, 0.15) is 26.2 Å². The summed E-state index contributed by atoms with van der Waals surface area (Å²) in [5.74, 6) is -0.966. The zero-order valence-electron chi connectivity index (χ0n) is 11.3. The van der Waals surface area contributed by atoms with Crippen LogP contribution in [0.2, 0.25) is 0 Å². The zero-order valence-corrected chi connectivity index (χ0v) is 11.3. The molecule has 3 heterocycles. The minimum Gasteiger partial charge on any atom is -0.458 e. The maximum atomic E-state index is 11.9. The third kappa shape index (κ3) is 1.59. The third-order valence-corrected chi connectivity index (χ3v) is 4.87. The van der Waals surface area contributed by atoms with E-state index in [-0.39, 0.29) is 29.7 Å². The minimum atomic E-state index is -0.430. The van der Waals surface area contributed by atoms with Crippen LogP contribution in [-0.2, 0) is 23.8 Å². The van der Waals surface area contributed by atoms with Crippen LogP contribution >= 0.6 is 0 Å². The van der Waals surface area contributed by atoms with Gasteiger partial charge in [0.2, 0.25) is 0 Å². The van der Waals surface area contributed by atoms with Crippen molar-refractivity contribution in [2.24, 2.45) is 5.92 Å². The van der Waals surface area contributed by atoms with Gasteiger partial charge in [0.1, 0.15) is 12.2 Å². The lowest BCUT2D eigenvalue weighted by molar-refractivity contribution is -0.143. The maximum absolute atomic E-state index is 11.9. The second-order valence-corrected chi connectivity index (χ2v) is 6.22. The van der Waals surface area contributed by atoms with Crippen molar-refractivity contribution in [1.82, 2.24) is 0 Å². The molecule has 0 aromatic heterocycles. The van der Waals surface area contributed by atoms with Crippen molar-refractivity contribution < 1.29 is 23.8 Å². The van der Waals surface area contributed by atoms with Gasteiger partial charge in [0.15, 0.2) is 0 Å². The van der Waals surface area contributed by atoms with Gasteiger partial charge in [0, 0.05) is 17.6 Å². The Morgan fingerprint density at radius 2 is 2.10 bits per heavy atom. The fourth-order valence-corrected chi connectivity index (χ4v) is 3.61. The number of ether oxygens (including phenoxy) is 3. The number of epoxide rings is 1. The van der Waals surface area contributed by atoms with E-state index in [0.29, 0.717) is 24.0 Å². The molecule has 0 aromatic carbocycles. The van der Waals surface area contributed by atoms with Gasteiger partial charge >= 0.3 is 11.9 Å². The van der Waals surface area contributed by atoms with E-state index in [1.807, 2.05) is 13.0 Å². The van der Waals surface area contributed by atoms with E-state index in [9.17, 15) is 9.59 Å². The maximum Gasteiger partial charge on any atom is 0.334 e. The number of carbonyl (C=O) groups excluding carboxylic acids is 2. The summed E-state index contributed by atoms with van der Waals surface area (Å²) in [7, 11) is 0. The molecule has 0 unspecified atom stereocenters. The average Bonchev–Trinajstić information content (AvgIpc) is 2.74. The molecule has 2 fully saturated rings. The molecule has 2 bridgehead atoms. The van der Waals surface area contributed by atoms with Crippen LogP contribution in [-0.4, -0.2) is 35.9 Å². The van der Waals surface area contributed by atoms with Crippen molar-refractivity contribution >= 4 is 11.9 Å². The Morgan fingerprint density at radius 1 is 1.30 bits per heavy atom. The molecule has 2 saturated heterocycles. The smallest absolute Gasteiger partial charge is 0.334 e. The number of rotatable bonds is 0. The third-order valence-electron chi connectivity index (χ3n) is 4.87. The Labute approximate surface area is 116 Å². The zero-order chi connectivity index (χ0) is 14.1. The minimum absolute atomic E-state index is 0.126. The number of hydrogen-bond acceptors (Lipinski definition) is 5. The number of esters is 2. The first-order valence-electron chi connectivity index (χ1n) is 6.97. The van der Waals surface area contributed by atoms with Crippen molar-refractivity contribution in [2.45, 2.75) is 50.1 Å². The highest BCUT2D eigenvalue weighted by atomic mass is 16.6. The van der Waals surface area contributed by atoms with Crippen LogP contribution in [0.4, 0.5) is 0 Å². The van der Waals surface area contributed by atoms with Crippen LogP contribution in [0, 0.1) is 5.92 Å². The van der Waals surface area contributed by atoms with Gasteiger partial charge in [0.05, 0.1) is 17.6 Å². The Kier molecular flexibility index (Phi) is 2.26. The van der Waals surface area contributed by atoms with E-state index in [1.165, 1.54) is 0 Å². The van der Waals surface area contributed by atoms with Gasteiger partial charge in [0.25, 0.3) is 0 Å². The van der Waals surface area contributed by atoms with E-state index in [2.05, 4.69) is 6.58 Å². The summed E-state index contributed by atoms with van der Waals surface area (Å²) in [5.41, 5.74) is 0.820. The molecule has 4 rings (SSSR count). The molecule has 3 aliphatic heterocycles. The van der Waals surface area contributed by atoms with Crippen molar-refractivity contribution in [3.8, 4) is 0 Å². The van der Waals surface area contributed by atoms with Gasteiger partial charge in [-0.05, 0) is 25.8 Å². The lowest BCUT2D eigenvalue weighted by atomic mass is 9.83. The summed E-state index contributed by atoms with van der Waals surface area (Å²) >= 11 is 0. The monoisotopic (exact) mass is 276 g/mol. The molecule has 5 heteroatoms. The van der Waals surface area contributed by atoms with Gasteiger partial charge in [-0.1, -0.05) is 6.58 Å². The molecule has 5 nitrogen and oxygen atoms in total. The molecular weight excluding hydrogens is 260 g/mol. The van der Waals surface area contributed by atoms with Crippen LogP contribution in [0.3, 0.4) is 0 Å². The molecule has 4 aliphatic rings. The lowest BCUT2D eigenvalue weighted by Crippen LogP contribution is -2.32. The quantitative estimate of drug-likeness (QED) is 0.379. The van der Waals surface area contributed by atoms with Gasteiger partial charge in [-0.15, -0.1) is 0 Å². The van der Waals surface area contributed by atoms with Crippen molar-refractivity contribution in [3.05, 3.63) is 23.8 Å². The predicted molar refractivity (Wildman–Crippen MR) is 67.6 cm³/mol. The second-order valence-electron chi connectivity index (χ2n) is 6.22. The van der Waals surface area contributed by atoms with Gasteiger partial charge in [-0.2, -0.15) is 0 Å². The van der Waals surface area contributed by atoms with E-state index < -0.39 is 12.1 Å². The molecule has 0 radical (unpaired) electrons. The summed E-state index contributed by atoms with van der Waals surface area (Å²) in [6.07, 6.45) is 3.30. The Hall–Kier alpha value is -1.62. The van der Waals surface area contributed by atoms with E-state index in [1.54, 1.807) is 0 Å². The highest BCUT2D eigenvalue weighted by Crippen LogP contribution is 2.49. The molecule has 5 atom stereocenters. The second kappa shape index (κ2) is 3.73. The van der Waals surface area contributed by atoms with Crippen molar-refractivity contribution in [1.29, 1.82) is 0 Å². The van der Waals surface area contributed by atoms with Crippen LogP contribution in [0.15, 0.2) is 23.8 Å². The average molecular weight is 276 g/mol. The van der Waals surface area contributed by atoms with Crippen LogP contribution < -0.4 is 0 Å². The van der Waals surface area contributed by atoms with Crippen LogP contribution in [0.25, 0.3) is 0 Å². The summed E-state index contributed by atoms with van der Waals surface area (Å²) in [6.45, 7) is 5.85. The Morgan fingerprint density at radius 3 is 2.90 bits per heavy atom. The van der Waals surface area contributed by atoms with Crippen LogP contribution in [0.5, 0.6) is 0 Å². The first kappa shape index (κ1) is 12.1. The molecule has 0 N–H and O–H groups in total. The van der Waals surface area contributed by atoms with Gasteiger partial charge in [-0.3, -0.25) is 0 Å². The highest BCUT2D eigenvalue weighted by Gasteiger charge is 2.58. The molecule has 106 valence electrons. The van der Waals surface area contributed by atoms with E-state index in [4.69, 9.17) is 14.2 Å². The summed E-state index contributed by atoms with van der Waals surface area (Å²) in [4.78, 5) is 23.7.